The summed E-state index contributed by atoms with van der Waals surface area (Å²) in [6.07, 6.45) is 4.66. The Morgan fingerprint density at radius 1 is 1.24 bits per heavy atom. The molecule has 1 N–H and O–H groups in total. The van der Waals surface area contributed by atoms with Gasteiger partial charge in [0.15, 0.2) is 0 Å². The molecule has 4 unspecified atom stereocenters. The van der Waals surface area contributed by atoms with Crippen LogP contribution in [-0.4, -0.2) is 60.8 Å². The molecule has 0 aromatic heterocycles. The Morgan fingerprint density at radius 3 is 2.65 bits per heavy atom. The van der Waals surface area contributed by atoms with Gasteiger partial charge in [0.05, 0.1) is 6.10 Å². The molecular weight excluding hydrogens is 212 g/mol. The number of nitrogens with zero attached hydrogens (tertiary/aromatic N) is 2. The van der Waals surface area contributed by atoms with E-state index in [-0.39, 0.29) is 6.10 Å². The molecule has 2 rings (SSSR count). The summed E-state index contributed by atoms with van der Waals surface area (Å²) in [5.74, 6) is 1.32. The molecule has 1 heterocycles. The third-order valence-electron chi connectivity index (χ3n) is 4.68. The average Bonchev–Trinajstić information content (AvgIpc) is 2.72. The van der Waals surface area contributed by atoms with Gasteiger partial charge < -0.3 is 14.9 Å². The van der Waals surface area contributed by atoms with Crippen molar-refractivity contribution in [3.8, 4) is 0 Å². The van der Waals surface area contributed by atoms with E-state index in [4.69, 9.17) is 0 Å². The molecule has 0 aromatic carbocycles. The van der Waals surface area contributed by atoms with E-state index < -0.39 is 0 Å². The van der Waals surface area contributed by atoms with Gasteiger partial charge in [0.1, 0.15) is 0 Å². The minimum Gasteiger partial charge on any atom is -0.393 e. The van der Waals surface area contributed by atoms with Gasteiger partial charge in [-0.1, -0.05) is 6.92 Å². The Morgan fingerprint density at radius 2 is 2.00 bits per heavy atom. The molecule has 2 fully saturated rings. The van der Waals surface area contributed by atoms with Gasteiger partial charge in [0.25, 0.3) is 0 Å². The van der Waals surface area contributed by atoms with Gasteiger partial charge >= 0.3 is 0 Å². The van der Waals surface area contributed by atoms with E-state index in [0.717, 1.165) is 18.9 Å². The lowest BCUT2D eigenvalue weighted by atomic mass is 9.80. The molecule has 3 heteroatoms. The summed E-state index contributed by atoms with van der Waals surface area (Å²) < 4.78 is 0. The summed E-state index contributed by atoms with van der Waals surface area (Å²) in [5, 5.41) is 10.1. The molecule has 1 saturated heterocycles. The number of likely N-dealkylation sites (tertiary alicyclic amines) is 1. The van der Waals surface area contributed by atoms with E-state index in [0.29, 0.717) is 12.0 Å². The van der Waals surface area contributed by atoms with Gasteiger partial charge in [-0.15, -0.1) is 0 Å². The third-order valence-corrected chi connectivity index (χ3v) is 4.68. The second-order valence-corrected chi connectivity index (χ2v) is 6.41. The van der Waals surface area contributed by atoms with Crippen molar-refractivity contribution in [1.82, 2.24) is 9.80 Å². The van der Waals surface area contributed by atoms with Crippen LogP contribution in [0.15, 0.2) is 0 Å². The quantitative estimate of drug-likeness (QED) is 0.808. The molecule has 0 radical (unpaired) electrons. The van der Waals surface area contributed by atoms with E-state index in [1.54, 1.807) is 0 Å². The zero-order chi connectivity index (χ0) is 12.4. The number of rotatable bonds is 3. The SMILES string of the molecule is CC1CCC(O)C(CN2CCC(N(C)C)C2)C1. The third kappa shape index (κ3) is 3.43. The lowest BCUT2D eigenvalue weighted by Gasteiger charge is -2.34. The predicted octanol–water partition coefficient (Wildman–Crippen LogP) is 1.42. The highest BCUT2D eigenvalue weighted by atomic mass is 16.3. The molecule has 1 saturated carbocycles. The maximum Gasteiger partial charge on any atom is 0.0580 e. The summed E-state index contributed by atoms with van der Waals surface area (Å²) >= 11 is 0. The van der Waals surface area contributed by atoms with Crippen molar-refractivity contribution in [1.29, 1.82) is 0 Å². The standard InChI is InChI=1S/C14H28N2O/c1-11-4-5-14(17)12(8-11)9-16-7-6-13(10-16)15(2)3/h11-14,17H,4-10H2,1-3H3. The smallest absolute Gasteiger partial charge is 0.0580 e. The first-order valence-corrected chi connectivity index (χ1v) is 7.13. The molecule has 17 heavy (non-hydrogen) atoms. The second-order valence-electron chi connectivity index (χ2n) is 6.41. The van der Waals surface area contributed by atoms with Gasteiger partial charge in [-0.05, 0) is 58.2 Å². The lowest BCUT2D eigenvalue weighted by Crippen LogP contribution is -2.39. The van der Waals surface area contributed by atoms with E-state index in [2.05, 4.69) is 30.8 Å². The van der Waals surface area contributed by atoms with Crippen LogP contribution < -0.4 is 0 Å². The van der Waals surface area contributed by atoms with E-state index in [1.165, 1.54) is 32.4 Å². The van der Waals surface area contributed by atoms with E-state index >= 15 is 0 Å². The van der Waals surface area contributed by atoms with E-state index in [1.807, 2.05) is 0 Å². The number of hydrogen-bond acceptors (Lipinski definition) is 3. The minimum atomic E-state index is -0.0513. The number of likely N-dealkylation sites (N-methyl/N-ethyl adjacent to an activating group) is 1. The second kappa shape index (κ2) is 5.68. The summed E-state index contributed by atoms with van der Waals surface area (Å²) in [6, 6.07) is 0.716. The molecule has 0 amide bonds. The first-order valence-electron chi connectivity index (χ1n) is 7.13. The van der Waals surface area contributed by atoms with Crippen LogP contribution >= 0.6 is 0 Å². The maximum absolute atomic E-state index is 10.1. The first-order chi connectivity index (χ1) is 8.06. The van der Waals surface area contributed by atoms with Crippen LogP contribution in [0.1, 0.15) is 32.6 Å². The van der Waals surface area contributed by atoms with Gasteiger partial charge in [-0.3, -0.25) is 0 Å². The Balaban J connectivity index is 1.81. The molecule has 1 aliphatic heterocycles. The topological polar surface area (TPSA) is 26.7 Å². The van der Waals surface area contributed by atoms with Crippen molar-refractivity contribution in [2.75, 3.05) is 33.7 Å². The maximum atomic E-state index is 10.1. The van der Waals surface area contributed by atoms with Crippen molar-refractivity contribution in [2.45, 2.75) is 44.8 Å². The zero-order valence-electron chi connectivity index (χ0n) is 11.6. The molecular formula is C14H28N2O. The summed E-state index contributed by atoms with van der Waals surface area (Å²) in [4.78, 5) is 4.89. The fourth-order valence-electron chi connectivity index (χ4n) is 3.41. The Hall–Kier alpha value is -0.120. The molecule has 2 aliphatic rings. The monoisotopic (exact) mass is 240 g/mol. The number of aliphatic hydroxyl groups excluding tert-OH is 1. The molecule has 100 valence electrons. The van der Waals surface area contributed by atoms with Crippen LogP contribution in [0.3, 0.4) is 0 Å². The van der Waals surface area contributed by atoms with Crippen LogP contribution in [0.2, 0.25) is 0 Å². The van der Waals surface area contributed by atoms with Crippen molar-refractivity contribution in [3.63, 3.8) is 0 Å². The van der Waals surface area contributed by atoms with Crippen LogP contribution in [0.25, 0.3) is 0 Å². The predicted molar refractivity (Wildman–Crippen MR) is 71.0 cm³/mol. The van der Waals surface area contributed by atoms with Gasteiger partial charge in [-0.25, -0.2) is 0 Å². The van der Waals surface area contributed by atoms with Gasteiger partial charge in [0, 0.05) is 19.1 Å². The Kier molecular flexibility index (Phi) is 4.45. The summed E-state index contributed by atoms with van der Waals surface area (Å²) in [5.41, 5.74) is 0. The van der Waals surface area contributed by atoms with Crippen molar-refractivity contribution in [3.05, 3.63) is 0 Å². The molecule has 3 nitrogen and oxygen atoms in total. The zero-order valence-corrected chi connectivity index (χ0v) is 11.6. The molecule has 4 atom stereocenters. The van der Waals surface area contributed by atoms with Crippen LogP contribution in [0.4, 0.5) is 0 Å². The number of aliphatic hydroxyl groups is 1. The van der Waals surface area contributed by atoms with Gasteiger partial charge in [-0.2, -0.15) is 0 Å². The molecule has 1 aliphatic carbocycles. The summed E-state index contributed by atoms with van der Waals surface area (Å²) in [6.45, 7) is 5.83. The van der Waals surface area contributed by atoms with E-state index in [9.17, 15) is 5.11 Å². The van der Waals surface area contributed by atoms with Crippen LogP contribution in [-0.2, 0) is 0 Å². The fourth-order valence-corrected chi connectivity index (χ4v) is 3.41. The Labute approximate surface area is 106 Å². The van der Waals surface area contributed by atoms with Crippen LogP contribution in [0, 0.1) is 11.8 Å². The molecule has 0 bridgehead atoms. The molecule has 0 spiro atoms. The van der Waals surface area contributed by atoms with Crippen molar-refractivity contribution >= 4 is 0 Å². The molecule has 0 aromatic rings. The Bertz CT molecular complexity index is 244. The normalized spacial score (nSPS) is 40.1. The fraction of sp³-hybridized carbons (Fsp3) is 1.00. The number of hydrogen-bond donors (Lipinski definition) is 1. The first kappa shape index (κ1) is 13.3. The highest BCUT2D eigenvalue weighted by Gasteiger charge is 2.31. The van der Waals surface area contributed by atoms with Gasteiger partial charge in [0.2, 0.25) is 0 Å². The minimum absolute atomic E-state index is 0.0513. The van der Waals surface area contributed by atoms with Crippen molar-refractivity contribution < 1.29 is 5.11 Å². The lowest BCUT2D eigenvalue weighted by molar-refractivity contribution is 0.0337. The summed E-state index contributed by atoms with van der Waals surface area (Å²) in [7, 11) is 4.34. The highest BCUT2D eigenvalue weighted by molar-refractivity contribution is 4.86. The van der Waals surface area contributed by atoms with Crippen LogP contribution in [0.5, 0.6) is 0 Å². The van der Waals surface area contributed by atoms with Crippen molar-refractivity contribution in [2.24, 2.45) is 11.8 Å². The average molecular weight is 240 g/mol. The highest BCUT2D eigenvalue weighted by Crippen LogP contribution is 2.30. The largest absolute Gasteiger partial charge is 0.393 e.